The molecule has 0 spiro atoms. The quantitative estimate of drug-likeness (QED) is 0.376. The Hall–Kier alpha value is 0.600. The minimum absolute atomic E-state index is 0.412. The van der Waals surface area contributed by atoms with Gasteiger partial charge in [0.15, 0.2) is 5.92 Å². The van der Waals surface area contributed by atoms with E-state index in [1.165, 1.54) is 6.92 Å². The minimum Gasteiger partial charge on any atom is -0.392 e. The summed E-state index contributed by atoms with van der Waals surface area (Å²) in [7, 11) is 0. The van der Waals surface area contributed by atoms with Crippen molar-refractivity contribution < 1.29 is 14.3 Å². The summed E-state index contributed by atoms with van der Waals surface area (Å²) in [5.41, 5.74) is 0. The van der Waals surface area contributed by atoms with Crippen LogP contribution in [0.5, 0.6) is 0 Å². The van der Waals surface area contributed by atoms with Crippen LogP contribution in [0.1, 0.15) is 6.92 Å². The molecule has 0 aromatic heterocycles. The fraction of sp³-hybridized carbons (Fsp3) is 0.500. The lowest BCUT2D eigenvalue weighted by molar-refractivity contribution is -0.182. The summed E-state index contributed by atoms with van der Waals surface area (Å²) in [5, 5.41) is 0. The van der Waals surface area contributed by atoms with Gasteiger partial charge in [-0.25, -0.2) is 0 Å². The van der Waals surface area contributed by atoms with Crippen molar-refractivity contribution in [2.45, 2.75) is 6.92 Å². The topological polar surface area (TPSA) is 43.4 Å². The van der Waals surface area contributed by atoms with Crippen molar-refractivity contribution in [1.29, 1.82) is 0 Å². The van der Waals surface area contributed by atoms with E-state index < -0.39 is 17.9 Å². The summed E-state index contributed by atoms with van der Waals surface area (Å²) < 4.78 is 3.97. The lowest BCUT2D eigenvalue weighted by Crippen LogP contribution is -2.38. The molecule has 1 aliphatic heterocycles. The Balaban J connectivity index is 0.000000291. The van der Waals surface area contributed by atoms with Gasteiger partial charge in [-0.15, -0.1) is 0 Å². The highest BCUT2D eigenvalue weighted by Crippen LogP contribution is 2.11. The molecule has 0 bridgehead atoms. The molecule has 0 amide bonds. The van der Waals surface area contributed by atoms with Crippen LogP contribution >= 0.6 is 37.2 Å². The molecule has 9 heavy (non-hydrogen) atoms. The second-order valence-electron chi connectivity index (χ2n) is 1.46. The van der Waals surface area contributed by atoms with Crippen LogP contribution in [0.15, 0.2) is 0 Å². The third kappa shape index (κ3) is 2.36. The Morgan fingerprint density at radius 1 is 1.33 bits per heavy atom. The summed E-state index contributed by atoms with van der Waals surface area (Å²) in [5.74, 6) is -1.32. The first-order valence-electron chi connectivity index (χ1n) is 2.11. The van der Waals surface area contributed by atoms with Gasteiger partial charge in [0.05, 0.1) is 0 Å². The van der Waals surface area contributed by atoms with Crippen LogP contribution in [0, 0.1) is 5.92 Å². The van der Waals surface area contributed by atoms with Crippen LogP contribution in [0.2, 0.25) is 0 Å². The molecular formula is C4H4I2O3. The highest BCUT2D eigenvalue weighted by Gasteiger charge is 2.36. The zero-order chi connectivity index (χ0) is 7.44. The van der Waals surface area contributed by atoms with Crippen LogP contribution in [0.4, 0.5) is 0 Å². The first kappa shape index (κ1) is 9.60. The number of halogens is 2. The van der Waals surface area contributed by atoms with Crippen LogP contribution in [0.3, 0.4) is 0 Å². The highest BCUT2D eigenvalue weighted by molar-refractivity contribution is 15.0. The van der Waals surface area contributed by atoms with Gasteiger partial charge < -0.3 is 4.74 Å². The summed E-state index contributed by atoms with van der Waals surface area (Å²) >= 11 is 4.24. The van der Waals surface area contributed by atoms with Crippen molar-refractivity contribution in [1.82, 2.24) is 0 Å². The predicted molar refractivity (Wildman–Crippen MR) is 48.3 cm³/mol. The molecule has 0 atom stereocenters. The molecule has 1 fully saturated rings. The number of rotatable bonds is 0. The molecule has 0 aromatic carbocycles. The van der Waals surface area contributed by atoms with E-state index in [9.17, 15) is 9.59 Å². The van der Waals surface area contributed by atoms with Gasteiger partial charge >= 0.3 is 11.9 Å². The molecule has 52 valence electrons. The zero-order valence-corrected chi connectivity index (χ0v) is 8.87. The predicted octanol–water partition coefficient (Wildman–Crippen LogP) is 1.48. The van der Waals surface area contributed by atoms with Gasteiger partial charge in [0.1, 0.15) is 0 Å². The molecule has 1 saturated heterocycles. The molecule has 1 rings (SSSR count). The third-order valence-electron chi connectivity index (χ3n) is 0.908. The molecule has 1 aliphatic rings. The number of cyclic esters (lactones) is 2. The number of ether oxygens (including phenoxy) is 1. The average Bonchev–Trinajstić information content (AvgIpc) is 1.93. The summed E-state index contributed by atoms with van der Waals surface area (Å²) in [6.07, 6.45) is 0. The van der Waals surface area contributed by atoms with E-state index in [0.717, 1.165) is 0 Å². The van der Waals surface area contributed by atoms with Crippen molar-refractivity contribution in [3.05, 3.63) is 0 Å². The van der Waals surface area contributed by atoms with Crippen molar-refractivity contribution >= 4 is 49.2 Å². The van der Waals surface area contributed by atoms with E-state index in [0.29, 0.717) is 0 Å². The molecule has 3 nitrogen and oxygen atoms in total. The van der Waals surface area contributed by atoms with E-state index in [-0.39, 0.29) is 0 Å². The lowest BCUT2D eigenvalue weighted by atomic mass is 10.1. The van der Waals surface area contributed by atoms with Gasteiger partial charge in [-0.3, -0.25) is 9.59 Å². The van der Waals surface area contributed by atoms with Crippen LogP contribution in [-0.4, -0.2) is 11.9 Å². The maximum Gasteiger partial charge on any atom is 0.327 e. The van der Waals surface area contributed by atoms with Gasteiger partial charge in [-0.1, -0.05) is 0 Å². The molecule has 0 aliphatic carbocycles. The summed E-state index contributed by atoms with van der Waals surface area (Å²) in [6.45, 7) is 1.52. The Kier molecular flexibility index (Phi) is 4.72. The number of esters is 2. The van der Waals surface area contributed by atoms with E-state index in [1.54, 1.807) is 0 Å². The Morgan fingerprint density at radius 3 is 1.67 bits per heavy atom. The Bertz CT molecular complexity index is 120. The molecule has 0 N–H and O–H groups in total. The standard InChI is InChI=1S/C4H4O3.I2/c1-2-3(5)7-4(2)6;1-2/h2H,1H3;. The van der Waals surface area contributed by atoms with Crippen molar-refractivity contribution in [3.8, 4) is 0 Å². The molecule has 0 radical (unpaired) electrons. The molecule has 5 heteroatoms. The zero-order valence-electron chi connectivity index (χ0n) is 4.56. The first-order valence-corrected chi connectivity index (χ1v) is 8.40. The maximum absolute atomic E-state index is 10.00. The van der Waals surface area contributed by atoms with Gasteiger partial charge in [0, 0.05) is 37.2 Å². The van der Waals surface area contributed by atoms with E-state index in [4.69, 9.17) is 0 Å². The second kappa shape index (κ2) is 4.42. The second-order valence-corrected chi connectivity index (χ2v) is 1.46. The summed E-state index contributed by atoms with van der Waals surface area (Å²) in [4.78, 5) is 20.0. The average molecular weight is 354 g/mol. The summed E-state index contributed by atoms with van der Waals surface area (Å²) in [6, 6.07) is 0. The van der Waals surface area contributed by atoms with Crippen molar-refractivity contribution in [3.63, 3.8) is 0 Å². The first-order chi connectivity index (χ1) is 4.22. The molecule has 0 unspecified atom stereocenters. The Morgan fingerprint density at radius 2 is 1.67 bits per heavy atom. The molecule has 0 aromatic rings. The van der Waals surface area contributed by atoms with Gasteiger partial charge in [-0.2, -0.15) is 0 Å². The SMILES string of the molecule is CC1C(=O)OC1=O.II. The lowest BCUT2D eigenvalue weighted by Gasteiger charge is -2.16. The van der Waals surface area contributed by atoms with Gasteiger partial charge in [0.2, 0.25) is 0 Å². The van der Waals surface area contributed by atoms with Crippen LogP contribution in [-0.2, 0) is 14.3 Å². The van der Waals surface area contributed by atoms with E-state index in [1.807, 2.05) is 0 Å². The normalized spacial score (nSPS) is 17.2. The molecule has 1 heterocycles. The van der Waals surface area contributed by atoms with Gasteiger partial charge in [0.25, 0.3) is 0 Å². The third-order valence-corrected chi connectivity index (χ3v) is 0.908. The van der Waals surface area contributed by atoms with E-state index in [2.05, 4.69) is 42.0 Å². The highest BCUT2D eigenvalue weighted by atomic mass is 128. The molecule has 0 saturated carbocycles. The minimum atomic E-state index is -0.500. The van der Waals surface area contributed by atoms with Crippen LogP contribution < -0.4 is 0 Å². The fourth-order valence-electron chi connectivity index (χ4n) is 0.314. The maximum atomic E-state index is 10.00. The van der Waals surface area contributed by atoms with Crippen LogP contribution in [0.25, 0.3) is 0 Å². The van der Waals surface area contributed by atoms with Crippen molar-refractivity contribution in [2.24, 2.45) is 5.92 Å². The number of hydrogen-bond donors (Lipinski definition) is 0. The monoisotopic (exact) mass is 354 g/mol. The number of hydrogen-bond acceptors (Lipinski definition) is 3. The largest absolute Gasteiger partial charge is 0.392 e. The number of carbonyl (C=O) groups excluding carboxylic acids is 2. The van der Waals surface area contributed by atoms with Crippen molar-refractivity contribution in [2.75, 3.05) is 0 Å². The van der Waals surface area contributed by atoms with Gasteiger partial charge in [-0.05, 0) is 6.92 Å². The Labute approximate surface area is 75.8 Å². The van der Waals surface area contributed by atoms with E-state index >= 15 is 0 Å². The smallest absolute Gasteiger partial charge is 0.327 e. The molecular weight excluding hydrogens is 350 g/mol. The fourth-order valence-corrected chi connectivity index (χ4v) is 0.314. The number of carbonyl (C=O) groups is 2.